The highest BCUT2D eigenvalue weighted by molar-refractivity contribution is 7.14. The molecule has 1 aromatic carbocycles. The number of carbonyl (C=O) groups excluding carboxylic acids is 2. The Kier molecular flexibility index (Phi) is 4.70. The second-order valence-electron chi connectivity index (χ2n) is 8.51. The quantitative estimate of drug-likeness (QED) is 0.641. The van der Waals surface area contributed by atoms with Gasteiger partial charge in [0.1, 0.15) is 15.8 Å². The fourth-order valence-electron chi connectivity index (χ4n) is 4.50. The van der Waals surface area contributed by atoms with Crippen LogP contribution in [0.2, 0.25) is 0 Å². The van der Waals surface area contributed by atoms with Crippen LogP contribution in [0.3, 0.4) is 0 Å². The molecule has 1 N–H and O–H groups in total. The molecular weight excluding hydrogens is 443 g/mol. The fourth-order valence-corrected chi connectivity index (χ4v) is 5.19. The number of alkyl halides is 3. The van der Waals surface area contributed by atoms with Gasteiger partial charge in [-0.15, -0.1) is 10.2 Å². The molecule has 1 aliphatic carbocycles. The summed E-state index contributed by atoms with van der Waals surface area (Å²) in [5.74, 6) is -1.90. The Morgan fingerprint density at radius 3 is 2.56 bits per heavy atom. The van der Waals surface area contributed by atoms with E-state index >= 15 is 0 Å². The molecule has 1 saturated heterocycles. The Bertz CT molecular complexity index is 1230. The number of benzene rings is 1. The number of aryl methyl sites for hydroxylation is 1. The number of fused-ring (bicyclic) bond motifs is 1. The summed E-state index contributed by atoms with van der Waals surface area (Å²) in [4.78, 5) is 29.0. The van der Waals surface area contributed by atoms with E-state index < -0.39 is 12.1 Å². The zero-order valence-corrected chi connectivity index (χ0v) is 17.8. The third kappa shape index (κ3) is 3.70. The minimum atomic E-state index is -4.85. The van der Waals surface area contributed by atoms with Gasteiger partial charge in [-0.2, -0.15) is 13.2 Å². The molecule has 2 amide bonds. The summed E-state index contributed by atoms with van der Waals surface area (Å²) >= 11 is 1.49. The number of rotatable bonds is 3. The molecule has 32 heavy (non-hydrogen) atoms. The summed E-state index contributed by atoms with van der Waals surface area (Å²) in [6.45, 7) is 1.99. The molecule has 1 spiro atoms. The van der Waals surface area contributed by atoms with Crippen LogP contribution in [0.1, 0.15) is 17.8 Å². The summed E-state index contributed by atoms with van der Waals surface area (Å²) in [5.41, 5.74) is 0.560. The minimum absolute atomic E-state index is 0.0528. The van der Waals surface area contributed by atoms with Crippen molar-refractivity contribution in [3.8, 4) is 10.6 Å². The van der Waals surface area contributed by atoms with E-state index in [4.69, 9.17) is 0 Å². The molecule has 166 valence electrons. The van der Waals surface area contributed by atoms with Crippen LogP contribution in [0.4, 0.5) is 19.0 Å². The van der Waals surface area contributed by atoms with Crippen molar-refractivity contribution in [2.75, 3.05) is 18.4 Å². The van der Waals surface area contributed by atoms with Gasteiger partial charge < -0.3 is 10.2 Å². The van der Waals surface area contributed by atoms with E-state index in [9.17, 15) is 22.8 Å². The number of aromatic nitrogens is 3. The molecule has 5 rings (SSSR count). The lowest BCUT2D eigenvalue weighted by atomic mass is 9.57. The highest BCUT2D eigenvalue weighted by atomic mass is 32.1. The molecule has 0 bridgehead atoms. The average molecular weight is 461 g/mol. The van der Waals surface area contributed by atoms with Crippen LogP contribution in [0, 0.1) is 18.3 Å². The predicted octanol–water partition coefficient (Wildman–Crippen LogP) is 3.80. The van der Waals surface area contributed by atoms with Crippen molar-refractivity contribution in [2.24, 2.45) is 11.3 Å². The van der Waals surface area contributed by atoms with Crippen LogP contribution in [0.15, 0.2) is 30.5 Å². The van der Waals surface area contributed by atoms with Gasteiger partial charge in [0.25, 0.3) is 0 Å². The largest absolute Gasteiger partial charge is 0.471 e. The molecule has 11 heteroatoms. The maximum atomic E-state index is 12.6. The minimum Gasteiger partial charge on any atom is -0.334 e. The Hall–Kier alpha value is -3.08. The number of amides is 2. The summed E-state index contributed by atoms with van der Waals surface area (Å²) in [6, 6.07) is 7.62. The van der Waals surface area contributed by atoms with Crippen LogP contribution in [-0.4, -0.2) is 51.2 Å². The van der Waals surface area contributed by atoms with Crippen molar-refractivity contribution >= 4 is 39.7 Å². The van der Waals surface area contributed by atoms with Crippen LogP contribution in [0.5, 0.6) is 0 Å². The van der Waals surface area contributed by atoms with E-state index in [-0.39, 0.29) is 30.3 Å². The van der Waals surface area contributed by atoms with Gasteiger partial charge in [0, 0.05) is 41.6 Å². The Balaban J connectivity index is 1.22. The Morgan fingerprint density at radius 2 is 1.91 bits per heavy atom. The Morgan fingerprint density at radius 1 is 1.16 bits per heavy atom. The van der Waals surface area contributed by atoms with Crippen molar-refractivity contribution in [2.45, 2.75) is 25.9 Å². The van der Waals surface area contributed by atoms with Gasteiger partial charge in [-0.3, -0.25) is 9.59 Å². The molecule has 2 aliphatic rings. The second-order valence-corrected chi connectivity index (χ2v) is 9.69. The lowest BCUT2D eigenvalue weighted by molar-refractivity contribution is -0.203. The number of hydrogen-bond acceptors (Lipinski definition) is 6. The number of likely N-dealkylation sites (tertiary alicyclic amines) is 1. The van der Waals surface area contributed by atoms with Crippen molar-refractivity contribution in [1.29, 1.82) is 0 Å². The smallest absolute Gasteiger partial charge is 0.334 e. The third-order valence-corrected chi connectivity index (χ3v) is 6.95. The number of nitrogens with zero attached hydrogens (tertiary/aromatic N) is 4. The van der Waals surface area contributed by atoms with E-state index in [1.54, 1.807) is 12.3 Å². The lowest BCUT2D eigenvalue weighted by Gasteiger charge is -2.58. The topological polar surface area (TPSA) is 88.1 Å². The van der Waals surface area contributed by atoms with E-state index in [0.29, 0.717) is 18.7 Å². The average Bonchev–Trinajstić information content (AvgIpc) is 3.10. The maximum Gasteiger partial charge on any atom is 0.471 e. The van der Waals surface area contributed by atoms with Gasteiger partial charge in [-0.1, -0.05) is 23.5 Å². The fraction of sp³-hybridized carbons (Fsp3) is 0.381. The first-order chi connectivity index (χ1) is 15.1. The summed E-state index contributed by atoms with van der Waals surface area (Å²) in [6.07, 6.45) is -2.24. The molecule has 0 unspecified atom stereocenters. The zero-order chi connectivity index (χ0) is 22.7. The molecule has 2 aromatic heterocycles. The normalized spacial score (nSPS) is 17.8. The predicted molar refractivity (Wildman–Crippen MR) is 112 cm³/mol. The van der Waals surface area contributed by atoms with E-state index in [0.717, 1.165) is 31.3 Å². The molecule has 2 fully saturated rings. The first-order valence-electron chi connectivity index (χ1n) is 9.99. The van der Waals surface area contributed by atoms with Crippen LogP contribution in [0.25, 0.3) is 21.3 Å². The van der Waals surface area contributed by atoms with Gasteiger partial charge in [-0.25, -0.2) is 4.98 Å². The molecule has 1 aliphatic heterocycles. The van der Waals surface area contributed by atoms with Crippen molar-refractivity contribution in [1.82, 2.24) is 20.1 Å². The van der Waals surface area contributed by atoms with Gasteiger partial charge >= 0.3 is 12.1 Å². The zero-order valence-electron chi connectivity index (χ0n) is 16.9. The highest BCUT2D eigenvalue weighted by Crippen LogP contribution is 2.52. The number of carbonyl (C=O) groups is 2. The van der Waals surface area contributed by atoms with Crippen molar-refractivity contribution in [3.05, 3.63) is 35.5 Å². The molecule has 3 heterocycles. The number of pyridine rings is 1. The number of nitrogens with one attached hydrogen (secondary N) is 1. The van der Waals surface area contributed by atoms with Crippen molar-refractivity contribution < 1.29 is 22.8 Å². The summed E-state index contributed by atoms with van der Waals surface area (Å²) in [7, 11) is 0. The molecule has 3 aromatic rings. The van der Waals surface area contributed by atoms with Gasteiger partial charge in [-0.05, 0) is 37.3 Å². The Labute approximate surface area is 184 Å². The maximum absolute atomic E-state index is 12.6. The standard InChI is InChI=1S/C21H18F3N5O2S/c1-11-27-28-18(32-11)12-2-3-13-8-25-16(5-14(13)4-12)26-17(30)15-6-20(7-15)9-29(10-20)19(31)21(22,23)24/h2-5,8,15H,6-7,9-10H2,1H3,(H,25,26,30). The van der Waals surface area contributed by atoms with Gasteiger partial charge in [0.05, 0.1) is 0 Å². The summed E-state index contributed by atoms with van der Waals surface area (Å²) in [5, 5.41) is 14.5. The first-order valence-corrected chi connectivity index (χ1v) is 10.8. The van der Waals surface area contributed by atoms with Crippen LogP contribution < -0.4 is 5.32 Å². The van der Waals surface area contributed by atoms with Crippen LogP contribution >= 0.6 is 11.3 Å². The molecule has 0 atom stereocenters. The summed E-state index contributed by atoms with van der Waals surface area (Å²) < 4.78 is 37.5. The lowest BCUT2D eigenvalue weighted by Crippen LogP contribution is -2.66. The molecule has 0 radical (unpaired) electrons. The highest BCUT2D eigenvalue weighted by Gasteiger charge is 2.58. The molecular formula is C21H18F3N5O2S. The number of halogens is 3. The number of hydrogen-bond donors (Lipinski definition) is 1. The molecule has 1 saturated carbocycles. The second kappa shape index (κ2) is 7.22. The van der Waals surface area contributed by atoms with E-state index in [2.05, 4.69) is 20.5 Å². The molecule has 7 nitrogen and oxygen atoms in total. The number of anilines is 1. The first kappa shape index (κ1) is 20.8. The van der Waals surface area contributed by atoms with Crippen molar-refractivity contribution in [3.63, 3.8) is 0 Å². The van der Waals surface area contributed by atoms with Crippen LogP contribution in [-0.2, 0) is 9.59 Å². The SMILES string of the molecule is Cc1nnc(-c2ccc3cnc(NC(=O)C4CC5(C4)CN(C(=O)C(F)(F)F)C5)cc3c2)s1. The van der Waals surface area contributed by atoms with E-state index in [1.807, 2.05) is 25.1 Å². The van der Waals surface area contributed by atoms with E-state index in [1.165, 1.54) is 11.3 Å². The third-order valence-electron chi connectivity index (χ3n) is 6.06. The van der Waals surface area contributed by atoms with Gasteiger partial charge in [0.15, 0.2) is 0 Å². The van der Waals surface area contributed by atoms with Gasteiger partial charge in [0.2, 0.25) is 5.91 Å². The monoisotopic (exact) mass is 461 g/mol.